The summed E-state index contributed by atoms with van der Waals surface area (Å²) in [7, 11) is 0. The molecule has 264 valence electrons. The van der Waals surface area contributed by atoms with E-state index in [1.54, 1.807) is 0 Å². The van der Waals surface area contributed by atoms with Crippen LogP contribution in [0.2, 0.25) is 0 Å². The van der Waals surface area contributed by atoms with Crippen LogP contribution in [0.15, 0.2) is 145 Å². The van der Waals surface area contributed by atoms with Gasteiger partial charge in [0.1, 0.15) is 0 Å². The van der Waals surface area contributed by atoms with Gasteiger partial charge in [0.2, 0.25) is 0 Å². The van der Waals surface area contributed by atoms with Crippen LogP contribution >= 0.6 is 0 Å². The van der Waals surface area contributed by atoms with Gasteiger partial charge in [-0.1, -0.05) is 103 Å². The summed E-state index contributed by atoms with van der Waals surface area (Å²) in [4.78, 5) is 2.48. The Morgan fingerprint density at radius 1 is 0.691 bits per heavy atom. The number of anilines is 4. The van der Waals surface area contributed by atoms with Crippen LogP contribution in [0.1, 0.15) is 47.2 Å². The summed E-state index contributed by atoms with van der Waals surface area (Å²) >= 11 is 0. The normalized spacial score (nSPS) is 17.4. The maximum atomic E-state index is 3.76. The molecule has 0 saturated heterocycles. The molecule has 1 N–H and O–H groups in total. The molecule has 6 aromatic carbocycles. The maximum absolute atomic E-state index is 3.76. The van der Waals surface area contributed by atoms with Crippen molar-refractivity contribution in [3.63, 3.8) is 0 Å². The second-order valence-corrected chi connectivity index (χ2v) is 16.0. The molecule has 4 heteroatoms. The van der Waals surface area contributed by atoms with Crippen molar-refractivity contribution in [3.05, 3.63) is 173 Å². The van der Waals surface area contributed by atoms with E-state index in [0.717, 1.165) is 24.2 Å². The fourth-order valence-electron chi connectivity index (χ4n) is 10.0. The van der Waals surface area contributed by atoms with Crippen LogP contribution in [0.25, 0.3) is 60.8 Å². The zero-order valence-electron chi connectivity index (χ0n) is 31.3. The third kappa shape index (κ3) is 4.28. The first-order valence-corrected chi connectivity index (χ1v) is 19.7. The van der Waals surface area contributed by atoms with E-state index in [9.17, 15) is 0 Å². The highest BCUT2D eigenvalue weighted by atomic mass is 15.2. The summed E-state index contributed by atoms with van der Waals surface area (Å²) in [6.45, 7) is 6.59. The van der Waals surface area contributed by atoms with Crippen LogP contribution in [-0.2, 0) is 6.42 Å². The highest BCUT2D eigenvalue weighted by molar-refractivity contribution is 6.23. The molecular weight excluding hydrogens is 669 g/mol. The van der Waals surface area contributed by atoms with Crippen molar-refractivity contribution in [2.75, 3.05) is 10.2 Å². The van der Waals surface area contributed by atoms with Crippen LogP contribution in [0.5, 0.6) is 0 Å². The van der Waals surface area contributed by atoms with Gasteiger partial charge in [0.15, 0.2) is 0 Å². The Morgan fingerprint density at radius 2 is 1.40 bits per heavy atom. The lowest BCUT2D eigenvalue weighted by atomic mass is 9.86. The summed E-state index contributed by atoms with van der Waals surface area (Å²) < 4.78 is 5.19. The van der Waals surface area contributed by atoms with E-state index in [0.29, 0.717) is 5.92 Å². The first-order valence-electron chi connectivity index (χ1n) is 19.7. The highest BCUT2D eigenvalue weighted by Gasteiger charge is 2.38. The molecule has 2 atom stereocenters. The molecule has 12 rings (SSSR count). The third-order valence-electron chi connectivity index (χ3n) is 12.6. The largest absolute Gasteiger partial charge is 0.355 e. The Hall–Kier alpha value is -6.52. The zero-order chi connectivity index (χ0) is 36.5. The van der Waals surface area contributed by atoms with Crippen LogP contribution in [0.4, 0.5) is 22.7 Å². The van der Waals surface area contributed by atoms with Crippen molar-refractivity contribution in [3.8, 4) is 0 Å². The lowest BCUT2D eigenvalue weighted by Gasteiger charge is -2.29. The number of fused-ring (bicyclic) bond motifs is 12. The minimum absolute atomic E-state index is 0.278. The number of hydrogen-bond donors (Lipinski definition) is 1. The first-order chi connectivity index (χ1) is 27.0. The van der Waals surface area contributed by atoms with Gasteiger partial charge in [0.05, 0.1) is 27.8 Å². The number of nitrogens with zero attached hydrogens (tertiary/aromatic N) is 3. The lowest BCUT2D eigenvalue weighted by molar-refractivity contribution is 0.728. The highest BCUT2D eigenvalue weighted by Crippen LogP contribution is 2.54. The van der Waals surface area contributed by atoms with E-state index < -0.39 is 0 Å². The van der Waals surface area contributed by atoms with Crippen LogP contribution < -0.4 is 10.2 Å². The number of nitrogens with one attached hydrogen (secondary N) is 1. The lowest BCUT2D eigenvalue weighted by Crippen LogP contribution is -2.17. The summed E-state index contributed by atoms with van der Waals surface area (Å²) in [6.07, 6.45) is 11.6. The second-order valence-electron chi connectivity index (χ2n) is 16.0. The maximum Gasteiger partial charge on any atom is 0.0617 e. The van der Waals surface area contributed by atoms with E-state index in [-0.39, 0.29) is 5.92 Å². The van der Waals surface area contributed by atoms with Crippen LogP contribution in [-0.4, -0.2) is 8.97 Å². The van der Waals surface area contributed by atoms with Crippen molar-refractivity contribution < 1.29 is 0 Å². The quantitative estimate of drug-likeness (QED) is 0.192. The van der Waals surface area contributed by atoms with Crippen molar-refractivity contribution in [1.29, 1.82) is 0 Å². The molecule has 2 unspecified atom stereocenters. The summed E-state index contributed by atoms with van der Waals surface area (Å²) in [5.74, 6) is 0.822. The molecule has 0 fully saturated rings. The van der Waals surface area contributed by atoms with Gasteiger partial charge in [-0.3, -0.25) is 0 Å². The Kier molecular flexibility index (Phi) is 6.32. The summed E-state index contributed by atoms with van der Waals surface area (Å²) in [6, 6.07) is 45.2. The molecule has 0 spiro atoms. The zero-order valence-corrected chi connectivity index (χ0v) is 31.3. The van der Waals surface area contributed by atoms with E-state index in [2.05, 4.69) is 186 Å². The Labute approximate surface area is 320 Å². The number of aryl methyl sites for hydroxylation is 2. The van der Waals surface area contributed by atoms with E-state index in [1.807, 2.05) is 0 Å². The predicted molar refractivity (Wildman–Crippen MR) is 232 cm³/mol. The molecule has 3 aromatic heterocycles. The van der Waals surface area contributed by atoms with Crippen LogP contribution in [0, 0.1) is 19.8 Å². The molecular formula is C51H40N4. The molecule has 2 aliphatic carbocycles. The van der Waals surface area contributed by atoms with Crippen molar-refractivity contribution in [1.82, 2.24) is 8.97 Å². The van der Waals surface area contributed by atoms with Gasteiger partial charge in [-0.15, -0.1) is 0 Å². The molecule has 4 nitrogen and oxygen atoms in total. The number of benzene rings is 6. The molecule has 55 heavy (non-hydrogen) atoms. The number of aromatic nitrogens is 2. The van der Waals surface area contributed by atoms with Gasteiger partial charge in [0, 0.05) is 79.0 Å². The fourth-order valence-corrected chi connectivity index (χ4v) is 10.0. The molecule has 0 saturated carbocycles. The molecule has 0 amide bonds. The van der Waals surface area contributed by atoms with Gasteiger partial charge < -0.3 is 19.2 Å². The molecule has 0 bridgehead atoms. The molecule has 1 aliphatic heterocycles. The van der Waals surface area contributed by atoms with Crippen molar-refractivity contribution in [2.24, 2.45) is 5.92 Å². The third-order valence-corrected chi connectivity index (χ3v) is 12.6. The Bertz CT molecular complexity index is 3150. The SMILES string of the molecule is Cc1ccc(Nc2cccc3c2c2cccc4c5c(n3c42)CC2C(=C5)n3c4cccc(N(C5=CCC(C)C=C5)c5ccc(C)cc5)c4c4cccc2c43)cc1. The van der Waals surface area contributed by atoms with E-state index in [1.165, 1.54) is 99.7 Å². The van der Waals surface area contributed by atoms with E-state index in [4.69, 9.17) is 0 Å². The number of para-hydroxylation sites is 2. The first kappa shape index (κ1) is 30.9. The van der Waals surface area contributed by atoms with Gasteiger partial charge in [-0.2, -0.15) is 0 Å². The number of hydrogen-bond acceptors (Lipinski definition) is 2. The number of rotatable bonds is 5. The van der Waals surface area contributed by atoms with Crippen molar-refractivity contribution >= 4 is 83.5 Å². The van der Waals surface area contributed by atoms with Crippen molar-refractivity contribution in [2.45, 2.75) is 39.5 Å². The minimum atomic E-state index is 0.278. The molecule has 9 aromatic rings. The van der Waals surface area contributed by atoms with Gasteiger partial charge in [-0.25, -0.2) is 0 Å². The predicted octanol–water partition coefficient (Wildman–Crippen LogP) is 13.4. The standard InChI is InChI=1S/C51H40N4/c1-30-16-22-33(23-17-30)52-42-12-6-13-43-48(42)38-10-4-8-36-40-29-47-41(28-46(40)54(43)50(36)38)37-9-5-11-39-49-44(14-7-15-45(49)55(47)51(37)39)53(34-24-18-31(2)19-25-34)35-26-20-32(3)21-27-35/h4-20,22-27,29,32,41,52H,21,28H2,1-3H3. The molecule has 0 radical (unpaired) electrons. The van der Waals surface area contributed by atoms with Gasteiger partial charge in [-0.05, 0) is 92.4 Å². The fraction of sp³-hybridized carbons (Fsp3) is 0.137. The Morgan fingerprint density at radius 3 is 2.20 bits per heavy atom. The summed E-state index contributed by atoms with van der Waals surface area (Å²) in [5.41, 5.74) is 19.2. The smallest absolute Gasteiger partial charge is 0.0617 e. The average molecular weight is 709 g/mol. The topological polar surface area (TPSA) is 24.6 Å². The molecule has 3 aliphatic rings. The second kappa shape index (κ2) is 11.3. The van der Waals surface area contributed by atoms with Gasteiger partial charge >= 0.3 is 0 Å². The monoisotopic (exact) mass is 708 g/mol. The molecule has 4 heterocycles. The van der Waals surface area contributed by atoms with Crippen LogP contribution in [0.3, 0.4) is 0 Å². The number of allylic oxidation sites excluding steroid dienone is 4. The van der Waals surface area contributed by atoms with Gasteiger partial charge in [0.25, 0.3) is 0 Å². The average Bonchev–Trinajstić information content (AvgIpc) is 3.94. The van der Waals surface area contributed by atoms with E-state index >= 15 is 0 Å². The minimum Gasteiger partial charge on any atom is -0.355 e. The Balaban J connectivity index is 1.07. The summed E-state index contributed by atoms with van der Waals surface area (Å²) in [5, 5.41) is 10.3.